The lowest BCUT2D eigenvalue weighted by Crippen LogP contribution is -2.33. The lowest BCUT2D eigenvalue weighted by Gasteiger charge is -2.26. The number of halogens is 1. The Kier molecular flexibility index (Phi) is 7.54. The van der Waals surface area contributed by atoms with Gasteiger partial charge in [-0.15, -0.1) is 0 Å². The van der Waals surface area contributed by atoms with Gasteiger partial charge >= 0.3 is 0 Å². The Hall–Kier alpha value is -2.27. The number of hydrogen-bond donors (Lipinski definition) is 0. The highest BCUT2D eigenvalue weighted by Gasteiger charge is 2.12. The second-order valence-corrected chi connectivity index (χ2v) is 7.23. The number of anilines is 1. The number of hydrogen-bond acceptors (Lipinski definition) is 4. The van der Waals surface area contributed by atoms with Crippen LogP contribution in [0.2, 0.25) is 0 Å². The largest absolute Gasteiger partial charge is 0.497 e. The summed E-state index contributed by atoms with van der Waals surface area (Å²) in [5, 5.41) is 0. The summed E-state index contributed by atoms with van der Waals surface area (Å²) in [6.07, 6.45) is 3.83. The molecule has 0 atom stereocenters. The Balaban J connectivity index is 1.57. The molecule has 0 bridgehead atoms. The van der Waals surface area contributed by atoms with E-state index < -0.39 is 0 Å². The van der Waals surface area contributed by atoms with Crippen molar-refractivity contribution < 1.29 is 13.9 Å². The van der Waals surface area contributed by atoms with E-state index in [1.165, 1.54) is 19.3 Å². The molecule has 2 aromatic carbocycles. The van der Waals surface area contributed by atoms with E-state index in [1.807, 2.05) is 30.3 Å². The van der Waals surface area contributed by atoms with Gasteiger partial charge in [-0.25, -0.2) is 4.39 Å². The third-order valence-electron chi connectivity index (χ3n) is 5.28. The Labute approximate surface area is 167 Å². The standard InChI is InChI=1S/C23H31FN2O2/c1-3-26(20-8-7-9-21(17-20)27-2)18-19-10-11-23(22(24)16-19)28-15-14-25-12-5-4-6-13-25/h7-11,16-17H,3-6,12-15,18H2,1-2H3. The van der Waals surface area contributed by atoms with E-state index in [1.54, 1.807) is 19.2 Å². The van der Waals surface area contributed by atoms with Crippen LogP contribution in [0.3, 0.4) is 0 Å². The first-order chi connectivity index (χ1) is 13.7. The average Bonchev–Trinajstić information content (AvgIpc) is 2.74. The highest BCUT2D eigenvalue weighted by Crippen LogP contribution is 2.24. The van der Waals surface area contributed by atoms with Crippen LogP contribution >= 0.6 is 0 Å². The normalized spacial score (nSPS) is 14.7. The quantitative estimate of drug-likeness (QED) is 0.622. The van der Waals surface area contributed by atoms with Gasteiger partial charge in [0, 0.05) is 31.4 Å². The first-order valence-electron chi connectivity index (χ1n) is 10.2. The molecular formula is C23H31FN2O2. The molecule has 1 saturated heterocycles. The molecule has 152 valence electrons. The molecule has 1 fully saturated rings. The summed E-state index contributed by atoms with van der Waals surface area (Å²) in [6, 6.07) is 13.2. The molecule has 5 heteroatoms. The topological polar surface area (TPSA) is 24.9 Å². The van der Waals surface area contributed by atoms with Crippen LogP contribution in [0.25, 0.3) is 0 Å². The maximum atomic E-state index is 14.5. The zero-order valence-electron chi connectivity index (χ0n) is 17.0. The molecule has 0 saturated carbocycles. The van der Waals surface area contributed by atoms with E-state index in [0.717, 1.165) is 43.2 Å². The number of rotatable bonds is 9. The van der Waals surface area contributed by atoms with Crippen molar-refractivity contribution in [1.29, 1.82) is 0 Å². The Morgan fingerprint density at radius 1 is 1.07 bits per heavy atom. The molecule has 1 aliphatic rings. The summed E-state index contributed by atoms with van der Waals surface area (Å²) in [7, 11) is 1.66. The molecule has 4 nitrogen and oxygen atoms in total. The van der Waals surface area contributed by atoms with Gasteiger partial charge in [0.25, 0.3) is 0 Å². The van der Waals surface area contributed by atoms with E-state index >= 15 is 0 Å². The maximum Gasteiger partial charge on any atom is 0.165 e. The number of piperidine rings is 1. The second-order valence-electron chi connectivity index (χ2n) is 7.23. The fourth-order valence-electron chi connectivity index (χ4n) is 3.64. The summed E-state index contributed by atoms with van der Waals surface area (Å²) in [5.41, 5.74) is 1.98. The van der Waals surface area contributed by atoms with E-state index in [2.05, 4.69) is 16.7 Å². The number of benzene rings is 2. The number of likely N-dealkylation sites (tertiary alicyclic amines) is 1. The average molecular weight is 387 g/mol. The lowest BCUT2D eigenvalue weighted by atomic mass is 10.1. The predicted octanol–water partition coefficient (Wildman–Crippen LogP) is 4.73. The van der Waals surface area contributed by atoms with Crippen molar-refractivity contribution in [2.75, 3.05) is 44.8 Å². The summed E-state index contributed by atoms with van der Waals surface area (Å²) in [5.74, 6) is 0.864. The van der Waals surface area contributed by atoms with Crippen molar-refractivity contribution in [3.63, 3.8) is 0 Å². The van der Waals surface area contributed by atoms with Crippen molar-refractivity contribution in [2.45, 2.75) is 32.7 Å². The SMILES string of the molecule is CCN(Cc1ccc(OCCN2CCCCC2)c(F)c1)c1cccc(OC)c1. The fraction of sp³-hybridized carbons (Fsp3) is 0.478. The van der Waals surface area contributed by atoms with Crippen LogP contribution in [0, 0.1) is 5.82 Å². The minimum atomic E-state index is -0.294. The van der Waals surface area contributed by atoms with E-state index in [0.29, 0.717) is 18.9 Å². The van der Waals surface area contributed by atoms with Crippen molar-refractivity contribution >= 4 is 5.69 Å². The van der Waals surface area contributed by atoms with Crippen LogP contribution in [-0.2, 0) is 6.54 Å². The predicted molar refractivity (Wildman–Crippen MR) is 112 cm³/mol. The third kappa shape index (κ3) is 5.61. The third-order valence-corrected chi connectivity index (χ3v) is 5.28. The smallest absolute Gasteiger partial charge is 0.165 e. The number of ether oxygens (including phenoxy) is 2. The highest BCUT2D eigenvalue weighted by molar-refractivity contribution is 5.51. The molecule has 0 radical (unpaired) electrons. The molecule has 2 aromatic rings. The molecule has 1 heterocycles. The van der Waals surface area contributed by atoms with Crippen LogP contribution in [0.4, 0.5) is 10.1 Å². The van der Waals surface area contributed by atoms with Crippen LogP contribution in [0.5, 0.6) is 11.5 Å². The molecule has 3 rings (SSSR count). The lowest BCUT2D eigenvalue weighted by molar-refractivity contribution is 0.180. The molecule has 0 N–H and O–H groups in total. The van der Waals surface area contributed by atoms with E-state index in [4.69, 9.17) is 9.47 Å². The summed E-state index contributed by atoms with van der Waals surface area (Å²) >= 11 is 0. The van der Waals surface area contributed by atoms with Gasteiger partial charge in [0.15, 0.2) is 11.6 Å². The molecule has 0 aliphatic carbocycles. The van der Waals surface area contributed by atoms with Gasteiger partial charge in [-0.1, -0.05) is 18.6 Å². The van der Waals surface area contributed by atoms with Crippen molar-refractivity contribution in [3.05, 3.63) is 53.8 Å². The zero-order chi connectivity index (χ0) is 19.8. The monoisotopic (exact) mass is 386 g/mol. The maximum absolute atomic E-state index is 14.5. The van der Waals surface area contributed by atoms with Crippen molar-refractivity contribution in [2.24, 2.45) is 0 Å². The van der Waals surface area contributed by atoms with E-state index in [9.17, 15) is 4.39 Å². The van der Waals surface area contributed by atoms with Gasteiger partial charge in [-0.05, 0) is 62.7 Å². The zero-order valence-corrected chi connectivity index (χ0v) is 17.0. The van der Waals surface area contributed by atoms with Crippen LogP contribution in [0.15, 0.2) is 42.5 Å². The van der Waals surface area contributed by atoms with Gasteiger partial charge in [0.1, 0.15) is 12.4 Å². The molecule has 28 heavy (non-hydrogen) atoms. The second kappa shape index (κ2) is 10.3. The van der Waals surface area contributed by atoms with Crippen molar-refractivity contribution in [1.82, 2.24) is 4.90 Å². The van der Waals surface area contributed by atoms with Gasteiger partial charge in [0.2, 0.25) is 0 Å². The number of nitrogens with zero attached hydrogens (tertiary/aromatic N) is 2. The van der Waals surface area contributed by atoms with Crippen LogP contribution in [-0.4, -0.2) is 44.8 Å². The van der Waals surface area contributed by atoms with Gasteiger partial charge in [-0.2, -0.15) is 0 Å². The summed E-state index contributed by atoms with van der Waals surface area (Å²) < 4.78 is 25.5. The minimum Gasteiger partial charge on any atom is -0.497 e. The Bertz CT molecular complexity index is 747. The summed E-state index contributed by atoms with van der Waals surface area (Å²) in [4.78, 5) is 4.58. The summed E-state index contributed by atoms with van der Waals surface area (Å²) in [6.45, 7) is 7.19. The van der Waals surface area contributed by atoms with Gasteiger partial charge < -0.3 is 14.4 Å². The highest BCUT2D eigenvalue weighted by atomic mass is 19.1. The molecular weight excluding hydrogens is 355 g/mol. The first-order valence-corrected chi connectivity index (χ1v) is 10.2. The minimum absolute atomic E-state index is 0.294. The van der Waals surface area contributed by atoms with E-state index in [-0.39, 0.29) is 5.82 Å². The number of methoxy groups -OCH3 is 1. The molecule has 0 amide bonds. The van der Waals surface area contributed by atoms with Gasteiger partial charge in [-0.3, -0.25) is 4.90 Å². The Morgan fingerprint density at radius 2 is 1.89 bits per heavy atom. The van der Waals surface area contributed by atoms with Crippen molar-refractivity contribution in [3.8, 4) is 11.5 Å². The molecule has 1 aliphatic heterocycles. The fourth-order valence-corrected chi connectivity index (χ4v) is 3.64. The van der Waals surface area contributed by atoms with Gasteiger partial charge in [0.05, 0.1) is 7.11 Å². The first kappa shape index (κ1) is 20.5. The molecule has 0 spiro atoms. The molecule has 0 aromatic heterocycles. The molecule has 0 unspecified atom stereocenters. The van der Waals surface area contributed by atoms with Crippen LogP contribution in [0.1, 0.15) is 31.7 Å². The Morgan fingerprint density at radius 3 is 2.61 bits per heavy atom. The van der Waals surface area contributed by atoms with Crippen LogP contribution < -0.4 is 14.4 Å².